The molecular formula is C17H21ClN4. The second-order valence-electron chi connectivity index (χ2n) is 5.76. The Morgan fingerprint density at radius 2 is 2.00 bits per heavy atom. The molecule has 0 aromatic carbocycles. The Labute approximate surface area is 136 Å². The fourth-order valence-corrected chi connectivity index (χ4v) is 3.14. The van der Waals surface area contributed by atoms with Crippen LogP contribution in [0.25, 0.3) is 0 Å². The van der Waals surface area contributed by atoms with Gasteiger partial charge in [-0.3, -0.25) is 14.8 Å². The van der Waals surface area contributed by atoms with E-state index in [1.54, 1.807) is 6.20 Å². The highest BCUT2D eigenvalue weighted by molar-refractivity contribution is 6.29. The SMILES string of the molecule is C[C@H](c1cccnc1)N1CCN(Cc2ccnc(Cl)c2)CC1. The van der Waals surface area contributed by atoms with Crippen molar-refractivity contribution in [3.63, 3.8) is 0 Å². The molecule has 3 rings (SSSR count). The zero-order valence-electron chi connectivity index (χ0n) is 12.8. The van der Waals surface area contributed by atoms with E-state index < -0.39 is 0 Å². The number of halogens is 1. The van der Waals surface area contributed by atoms with E-state index in [-0.39, 0.29) is 0 Å². The first kappa shape index (κ1) is 15.4. The van der Waals surface area contributed by atoms with Crippen LogP contribution in [0.15, 0.2) is 42.9 Å². The predicted molar refractivity (Wildman–Crippen MR) is 88.7 cm³/mol. The molecule has 3 heterocycles. The van der Waals surface area contributed by atoms with Crippen LogP contribution in [0.4, 0.5) is 0 Å². The quantitative estimate of drug-likeness (QED) is 0.812. The van der Waals surface area contributed by atoms with E-state index in [1.165, 1.54) is 11.1 Å². The van der Waals surface area contributed by atoms with Crippen molar-refractivity contribution in [2.24, 2.45) is 0 Å². The minimum atomic E-state index is 0.422. The molecule has 0 aliphatic carbocycles. The normalized spacial score (nSPS) is 18.3. The Morgan fingerprint density at radius 1 is 1.18 bits per heavy atom. The summed E-state index contributed by atoms with van der Waals surface area (Å²) in [4.78, 5) is 13.2. The van der Waals surface area contributed by atoms with Crippen LogP contribution in [0, 0.1) is 0 Å². The number of pyridine rings is 2. The van der Waals surface area contributed by atoms with Gasteiger partial charge in [0.2, 0.25) is 0 Å². The van der Waals surface area contributed by atoms with Gasteiger partial charge in [0.25, 0.3) is 0 Å². The topological polar surface area (TPSA) is 32.3 Å². The lowest BCUT2D eigenvalue weighted by atomic mass is 10.1. The van der Waals surface area contributed by atoms with Crippen molar-refractivity contribution in [3.05, 3.63) is 59.1 Å². The van der Waals surface area contributed by atoms with Crippen LogP contribution >= 0.6 is 11.6 Å². The van der Waals surface area contributed by atoms with Crippen LogP contribution in [0.2, 0.25) is 5.15 Å². The Kier molecular flexibility index (Phi) is 5.03. The standard InChI is InChI=1S/C17H21ClN4/c1-14(16-3-2-5-19-12-16)22-9-7-21(8-10-22)13-15-4-6-20-17(18)11-15/h2-6,11-12,14H,7-10,13H2,1H3/t14-/m1/s1. The van der Waals surface area contributed by atoms with Crippen molar-refractivity contribution >= 4 is 11.6 Å². The highest BCUT2D eigenvalue weighted by Crippen LogP contribution is 2.21. The molecule has 5 heteroatoms. The number of piperazine rings is 1. The van der Waals surface area contributed by atoms with Gasteiger partial charge in [-0.25, -0.2) is 4.98 Å². The summed E-state index contributed by atoms with van der Waals surface area (Å²) in [5, 5.41) is 0.571. The van der Waals surface area contributed by atoms with Crippen LogP contribution in [-0.2, 0) is 6.54 Å². The van der Waals surface area contributed by atoms with E-state index in [0.29, 0.717) is 11.2 Å². The molecule has 0 amide bonds. The monoisotopic (exact) mass is 316 g/mol. The van der Waals surface area contributed by atoms with Crippen molar-refractivity contribution in [1.29, 1.82) is 0 Å². The second-order valence-corrected chi connectivity index (χ2v) is 6.15. The molecule has 4 nitrogen and oxygen atoms in total. The summed E-state index contributed by atoms with van der Waals surface area (Å²) in [6.45, 7) is 7.51. The summed E-state index contributed by atoms with van der Waals surface area (Å²) in [6.07, 6.45) is 5.57. The Hall–Kier alpha value is -1.49. The molecule has 2 aromatic heterocycles. The van der Waals surface area contributed by atoms with Gasteiger partial charge in [0, 0.05) is 57.4 Å². The average molecular weight is 317 g/mol. The zero-order valence-corrected chi connectivity index (χ0v) is 13.6. The maximum Gasteiger partial charge on any atom is 0.129 e. The van der Waals surface area contributed by atoms with Crippen LogP contribution in [0.5, 0.6) is 0 Å². The van der Waals surface area contributed by atoms with Crippen LogP contribution in [-0.4, -0.2) is 45.9 Å². The van der Waals surface area contributed by atoms with Gasteiger partial charge in [-0.2, -0.15) is 0 Å². The van der Waals surface area contributed by atoms with Gasteiger partial charge in [-0.05, 0) is 36.2 Å². The molecule has 0 bridgehead atoms. The van der Waals surface area contributed by atoms with E-state index in [1.807, 2.05) is 30.6 Å². The Balaban J connectivity index is 1.54. The molecule has 0 spiro atoms. The molecule has 0 saturated carbocycles. The minimum absolute atomic E-state index is 0.422. The third-order valence-electron chi connectivity index (χ3n) is 4.32. The fraction of sp³-hybridized carbons (Fsp3) is 0.412. The van der Waals surface area contributed by atoms with Crippen LogP contribution in [0.3, 0.4) is 0 Å². The van der Waals surface area contributed by atoms with Gasteiger partial charge in [0.1, 0.15) is 5.15 Å². The van der Waals surface area contributed by atoms with Crippen molar-refractivity contribution in [2.45, 2.75) is 19.5 Å². The van der Waals surface area contributed by atoms with Gasteiger partial charge in [-0.15, -0.1) is 0 Å². The van der Waals surface area contributed by atoms with Gasteiger partial charge in [0.15, 0.2) is 0 Å². The third-order valence-corrected chi connectivity index (χ3v) is 4.53. The summed E-state index contributed by atoms with van der Waals surface area (Å²) in [5.74, 6) is 0. The lowest BCUT2D eigenvalue weighted by Crippen LogP contribution is -2.46. The van der Waals surface area contributed by atoms with E-state index in [4.69, 9.17) is 11.6 Å². The summed E-state index contributed by atoms with van der Waals surface area (Å²) in [5.41, 5.74) is 2.52. The molecule has 1 fully saturated rings. The number of aromatic nitrogens is 2. The molecule has 2 aromatic rings. The van der Waals surface area contributed by atoms with E-state index in [9.17, 15) is 0 Å². The summed E-state index contributed by atoms with van der Waals surface area (Å²) < 4.78 is 0. The van der Waals surface area contributed by atoms with Gasteiger partial charge < -0.3 is 0 Å². The molecule has 0 N–H and O–H groups in total. The van der Waals surface area contributed by atoms with Crippen molar-refractivity contribution in [3.8, 4) is 0 Å². The van der Waals surface area contributed by atoms with Crippen molar-refractivity contribution < 1.29 is 0 Å². The van der Waals surface area contributed by atoms with Gasteiger partial charge in [-0.1, -0.05) is 17.7 Å². The number of rotatable bonds is 4. The van der Waals surface area contributed by atoms with Crippen LogP contribution < -0.4 is 0 Å². The van der Waals surface area contributed by atoms with E-state index in [2.05, 4.69) is 32.8 Å². The average Bonchev–Trinajstić information content (AvgIpc) is 2.56. The Bertz CT molecular complexity index is 597. The highest BCUT2D eigenvalue weighted by Gasteiger charge is 2.22. The number of hydrogen-bond donors (Lipinski definition) is 0. The summed E-state index contributed by atoms with van der Waals surface area (Å²) >= 11 is 5.95. The zero-order chi connectivity index (χ0) is 15.4. The molecule has 116 valence electrons. The summed E-state index contributed by atoms with van der Waals surface area (Å²) in [7, 11) is 0. The first-order valence-corrected chi connectivity index (χ1v) is 8.07. The third kappa shape index (κ3) is 3.83. The minimum Gasteiger partial charge on any atom is -0.297 e. The number of nitrogens with zero attached hydrogens (tertiary/aromatic N) is 4. The first-order valence-electron chi connectivity index (χ1n) is 7.69. The molecular weight excluding hydrogens is 296 g/mol. The van der Waals surface area contributed by atoms with Crippen molar-refractivity contribution in [2.75, 3.05) is 26.2 Å². The molecule has 0 radical (unpaired) electrons. The lowest BCUT2D eigenvalue weighted by Gasteiger charge is -2.38. The molecule has 1 saturated heterocycles. The maximum absolute atomic E-state index is 5.95. The molecule has 0 unspecified atom stereocenters. The van der Waals surface area contributed by atoms with Gasteiger partial charge in [0.05, 0.1) is 0 Å². The largest absolute Gasteiger partial charge is 0.297 e. The molecule has 22 heavy (non-hydrogen) atoms. The van der Waals surface area contributed by atoms with Gasteiger partial charge >= 0.3 is 0 Å². The van der Waals surface area contributed by atoms with E-state index >= 15 is 0 Å². The number of hydrogen-bond acceptors (Lipinski definition) is 4. The smallest absolute Gasteiger partial charge is 0.129 e. The lowest BCUT2D eigenvalue weighted by molar-refractivity contribution is 0.0977. The Morgan fingerprint density at radius 3 is 2.68 bits per heavy atom. The van der Waals surface area contributed by atoms with Crippen molar-refractivity contribution in [1.82, 2.24) is 19.8 Å². The molecule has 1 aliphatic rings. The van der Waals surface area contributed by atoms with E-state index in [0.717, 1.165) is 32.7 Å². The second kappa shape index (κ2) is 7.18. The summed E-state index contributed by atoms with van der Waals surface area (Å²) in [6, 6.07) is 8.58. The molecule has 1 atom stereocenters. The van der Waals surface area contributed by atoms with Crippen LogP contribution in [0.1, 0.15) is 24.1 Å². The predicted octanol–water partition coefficient (Wildman–Crippen LogP) is 3.01. The first-order chi connectivity index (χ1) is 10.7. The maximum atomic E-state index is 5.95. The fourth-order valence-electron chi connectivity index (χ4n) is 2.94. The molecule has 1 aliphatic heterocycles. The highest BCUT2D eigenvalue weighted by atomic mass is 35.5.